The smallest absolute Gasteiger partial charge is 0.263 e. The Labute approximate surface area is 143 Å². The quantitative estimate of drug-likeness (QED) is 0.734. The van der Waals surface area contributed by atoms with Crippen LogP contribution in [-0.4, -0.2) is 40.2 Å². The van der Waals surface area contributed by atoms with Crippen LogP contribution < -0.4 is 4.74 Å². The Morgan fingerprint density at radius 1 is 1.17 bits per heavy atom. The number of piperidine rings is 1. The monoisotopic (exact) mass is 339 g/mol. The number of ether oxygens (including phenoxy) is 1. The predicted octanol–water partition coefficient (Wildman–Crippen LogP) is 3.37. The third-order valence-electron chi connectivity index (χ3n) is 4.28. The summed E-state index contributed by atoms with van der Waals surface area (Å²) < 4.78 is 6.08. The number of carbonyl (C=O) groups is 1. The van der Waals surface area contributed by atoms with Gasteiger partial charge in [-0.1, -0.05) is 24.3 Å². The average Bonchev–Trinajstić information content (AvgIpc) is 3.17. The first kappa shape index (κ1) is 15.1. The molecular weight excluding hydrogens is 322 g/mol. The fourth-order valence-corrected chi connectivity index (χ4v) is 3.67. The van der Waals surface area contributed by atoms with Crippen LogP contribution in [0.15, 0.2) is 48.0 Å². The van der Waals surface area contributed by atoms with Gasteiger partial charge in [-0.05, 0) is 17.5 Å². The van der Waals surface area contributed by atoms with Gasteiger partial charge < -0.3 is 9.64 Å². The predicted molar refractivity (Wildman–Crippen MR) is 93.4 cm³/mol. The molecule has 3 aromatic rings. The number of hydrogen-bond acceptors (Lipinski definition) is 5. The van der Waals surface area contributed by atoms with Gasteiger partial charge in [0, 0.05) is 36.7 Å². The minimum Gasteiger partial charge on any atom is -0.473 e. The second-order valence-corrected chi connectivity index (χ2v) is 6.77. The van der Waals surface area contributed by atoms with E-state index in [1.54, 1.807) is 6.20 Å². The maximum atomic E-state index is 12.4. The Morgan fingerprint density at radius 2 is 2.00 bits per heavy atom. The van der Waals surface area contributed by atoms with Crippen molar-refractivity contribution in [3.8, 4) is 5.88 Å². The van der Waals surface area contributed by atoms with Crippen molar-refractivity contribution >= 4 is 28.0 Å². The summed E-state index contributed by atoms with van der Waals surface area (Å²) in [7, 11) is 0. The zero-order valence-electron chi connectivity index (χ0n) is 13.1. The van der Waals surface area contributed by atoms with Crippen LogP contribution in [-0.2, 0) is 0 Å². The SMILES string of the molecule is O=C(c1cccs1)N1CCC(Oc2nncc3ccccc23)CC1. The summed E-state index contributed by atoms with van der Waals surface area (Å²) in [6, 6.07) is 11.7. The second-order valence-electron chi connectivity index (χ2n) is 5.82. The number of aromatic nitrogens is 2. The van der Waals surface area contributed by atoms with Gasteiger partial charge in [-0.15, -0.1) is 16.4 Å². The molecule has 0 bridgehead atoms. The second kappa shape index (κ2) is 6.57. The number of carbonyl (C=O) groups excluding carboxylic acids is 1. The number of rotatable bonds is 3. The van der Waals surface area contributed by atoms with Crippen molar-refractivity contribution < 1.29 is 9.53 Å². The highest BCUT2D eigenvalue weighted by Gasteiger charge is 2.25. The van der Waals surface area contributed by atoms with Crippen LogP contribution in [0.3, 0.4) is 0 Å². The number of likely N-dealkylation sites (tertiary alicyclic amines) is 1. The van der Waals surface area contributed by atoms with E-state index in [1.807, 2.05) is 46.7 Å². The molecule has 0 atom stereocenters. The van der Waals surface area contributed by atoms with Gasteiger partial charge in [-0.25, -0.2) is 0 Å². The lowest BCUT2D eigenvalue weighted by atomic mass is 10.1. The Morgan fingerprint density at radius 3 is 2.79 bits per heavy atom. The molecule has 4 rings (SSSR count). The minimum absolute atomic E-state index is 0.0671. The molecule has 0 N–H and O–H groups in total. The van der Waals surface area contributed by atoms with Crippen molar-refractivity contribution in [3.05, 3.63) is 52.9 Å². The van der Waals surface area contributed by atoms with E-state index < -0.39 is 0 Å². The normalized spacial score (nSPS) is 15.6. The third kappa shape index (κ3) is 2.97. The molecule has 0 unspecified atom stereocenters. The molecular formula is C18H17N3O2S. The summed E-state index contributed by atoms with van der Waals surface area (Å²) in [6.45, 7) is 1.42. The van der Waals surface area contributed by atoms with E-state index in [1.165, 1.54) is 11.3 Å². The van der Waals surface area contributed by atoms with E-state index in [2.05, 4.69) is 10.2 Å². The van der Waals surface area contributed by atoms with E-state index >= 15 is 0 Å². The van der Waals surface area contributed by atoms with Gasteiger partial charge >= 0.3 is 0 Å². The van der Waals surface area contributed by atoms with E-state index in [9.17, 15) is 4.79 Å². The van der Waals surface area contributed by atoms with E-state index in [0.29, 0.717) is 19.0 Å². The molecule has 1 saturated heterocycles. The molecule has 0 aliphatic carbocycles. The molecule has 1 amide bonds. The van der Waals surface area contributed by atoms with Crippen molar-refractivity contribution in [1.29, 1.82) is 0 Å². The van der Waals surface area contributed by atoms with Gasteiger partial charge in [0.2, 0.25) is 5.88 Å². The molecule has 6 heteroatoms. The van der Waals surface area contributed by atoms with Gasteiger partial charge in [0.25, 0.3) is 5.91 Å². The number of benzene rings is 1. The van der Waals surface area contributed by atoms with Crippen LogP contribution in [0.1, 0.15) is 22.5 Å². The van der Waals surface area contributed by atoms with Crippen LogP contribution in [0.2, 0.25) is 0 Å². The fraction of sp³-hybridized carbons (Fsp3) is 0.278. The zero-order valence-corrected chi connectivity index (χ0v) is 13.9. The first-order valence-electron chi connectivity index (χ1n) is 8.01. The van der Waals surface area contributed by atoms with Crippen molar-refractivity contribution in [2.75, 3.05) is 13.1 Å². The molecule has 1 aromatic carbocycles. The third-order valence-corrected chi connectivity index (χ3v) is 5.13. The Bertz CT molecular complexity index is 837. The largest absolute Gasteiger partial charge is 0.473 e. The highest BCUT2D eigenvalue weighted by Crippen LogP contribution is 2.25. The molecule has 3 heterocycles. The summed E-state index contributed by atoms with van der Waals surface area (Å²) in [5, 5.41) is 12.1. The fourth-order valence-electron chi connectivity index (χ4n) is 2.98. The summed E-state index contributed by atoms with van der Waals surface area (Å²) in [5.41, 5.74) is 0. The average molecular weight is 339 g/mol. The first-order chi connectivity index (χ1) is 11.8. The molecule has 24 heavy (non-hydrogen) atoms. The van der Waals surface area contributed by atoms with Crippen molar-refractivity contribution in [2.45, 2.75) is 18.9 Å². The Kier molecular flexibility index (Phi) is 4.13. The van der Waals surface area contributed by atoms with Crippen LogP contribution in [0.4, 0.5) is 0 Å². The van der Waals surface area contributed by atoms with Crippen LogP contribution in [0, 0.1) is 0 Å². The molecule has 1 aliphatic rings. The number of nitrogens with zero attached hydrogens (tertiary/aromatic N) is 3. The summed E-state index contributed by atoms with van der Waals surface area (Å²) in [6.07, 6.45) is 3.42. The van der Waals surface area contributed by atoms with Crippen LogP contribution in [0.5, 0.6) is 5.88 Å². The minimum atomic E-state index is 0.0671. The van der Waals surface area contributed by atoms with Gasteiger partial charge in [-0.2, -0.15) is 5.10 Å². The molecule has 2 aromatic heterocycles. The Balaban J connectivity index is 1.42. The number of amides is 1. The molecule has 0 spiro atoms. The van der Waals surface area contributed by atoms with Gasteiger partial charge in [0.15, 0.2) is 0 Å². The lowest BCUT2D eigenvalue weighted by Crippen LogP contribution is -2.41. The highest BCUT2D eigenvalue weighted by molar-refractivity contribution is 7.12. The maximum Gasteiger partial charge on any atom is 0.263 e. The molecule has 0 saturated carbocycles. The number of thiophene rings is 1. The van der Waals surface area contributed by atoms with Crippen molar-refractivity contribution in [2.24, 2.45) is 0 Å². The first-order valence-corrected chi connectivity index (χ1v) is 8.89. The van der Waals surface area contributed by atoms with Crippen molar-refractivity contribution in [1.82, 2.24) is 15.1 Å². The van der Waals surface area contributed by atoms with E-state index in [4.69, 9.17) is 4.74 Å². The summed E-state index contributed by atoms with van der Waals surface area (Å²) in [4.78, 5) is 15.1. The maximum absolute atomic E-state index is 12.4. The zero-order chi connectivity index (χ0) is 16.4. The van der Waals surface area contributed by atoms with Crippen molar-refractivity contribution in [3.63, 3.8) is 0 Å². The molecule has 1 fully saturated rings. The van der Waals surface area contributed by atoms with E-state index in [0.717, 1.165) is 28.5 Å². The van der Waals surface area contributed by atoms with Crippen LogP contribution >= 0.6 is 11.3 Å². The highest BCUT2D eigenvalue weighted by atomic mass is 32.1. The topological polar surface area (TPSA) is 55.3 Å². The lowest BCUT2D eigenvalue weighted by Gasteiger charge is -2.31. The van der Waals surface area contributed by atoms with Gasteiger partial charge in [-0.3, -0.25) is 4.79 Å². The summed E-state index contributed by atoms with van der Waals surface area (Å²) >= 11 is 1.49. The molecule has 1 aliphatic heterocycles. The van der Waals surface area contributed by atoms with Gasteiger partial charge in [0.1, 0.15) is 6.10 Å². The Hall–Kier alpha value is -2.47. The lowest BCUT2D eigenvalue weighted by molar-refractivity contribution is 0.0593. The molecule has 5 nitrogen and oxygen atoms in total. The number of fused-ring (bicyclic) bond motifs is 1. The molecule has 122 valence electrons. The van der Waals surface area contributed by atoms with Gasteiger partial charge in [0.05, 0.1) is 11.1 Å². The molecule has 0 radical (unpaired) electrons. The van der Waals surface area contributed by atoms with Crippen LogP contribution in [0.25, 0.3) is 10.8 Å². The summed E-state index contributed by atoms with van der Waals surface area (Å²) in [5.74, 6) is 0.699. The standard InChI is InChI=1S/C18H17N3O2S/c22-18(16-6-3-11-24-16)21-9-7-14(8-10-21)23-17-15-5-2-1-4-13(15)12-19-20-17/h1-6,11-12,14H,7-10H2. The number of hydrogen-bond donors (Lipinski definition) is 0. The van der Waals surface area contributed by atoms with E-state index in [-0.39, 0.29) is 12.0 Å².